The number of hydrogen-bond acceptors (Lipinski definition) is 3. The second-order valence-corrected chi connectivity index (χ2v) is 4.43. The molecule has 0 amide bonds. The fraction of sp³-hybridized carbons (Fsp3) is 0.154. The van der Waals surface area contributed by atoms with Crippen molar-refractivity contribution in [2.45, 2.75) is 6.92 Å². The number of halogens is 2. The van der Waals surface area contributed by atoms with Crippen molar-refractivity contribution in [3.05, 3.63) is 46.7 Å². The van der Waals surface area contributed by atoms with Gasteiger partial charge in [0.15, 0.2) is 0 Å². The number of nitrogens with zero attached hydrogens (tertiary/aromatic N) is 1. The third-order valence-corrected chi connectivity index (χ3v) is 2.96. The van der Waals surface area contributed by atoms with E-state index in [1.165, 1.54) is 0 Å². The van der Waals surface area contributed by atoms with Crippen molar-refractivity contribution in [2.24, 2.45) is 0 Å². The molecular formula is C13H12Cl2N2O. The normalized spacial score (nSPS) is 10.2. The van der Waals surface area contributed by atoms with Gasteiger partial charge in [0, 0.05) is 18.7 Å². The highest BCUT2D eigenvalue weighted by atomic mass is 35.5. The van der Waals surface area contributed by atoms with E-state index in [9.17, 15) is 0 Å². The SMILES string of the molecule is CCNc1cncc(Oc2ccc(Cl)c(Cl)c2)c1. The molecule has 2 aromatic rings. The van der Waals surface area contributed by atoms with E-state index in [0.29, 0.717) is 21.5 Å². The van der Waals surface area contributed by atoms with Crippen LogP contribution >= 0.6 is 23.2 Å². The Labute approximate surface area is 116 Å². The molecule has 0 fully saturated rings. The summed E-state index contributed by atoms with van der Waals surface area (Å²) < 4.78 is 5.66. The molecule has 0 bridgehead atoms. The van der Waals surface area contributed by atoms with Gasteiger partial charge in [0.25, 0.3) is 0 Å². The van der Waals surface area contributed by atoms with Crippen LogP contribution in [-0.4, -0.2) is 11.5 Å². The summed E-state index contributed by atoms with van der Waals surface area (Å²) in [7, 11) is 0. The van der Waals surface area contributed by atoms with Crippen LogP contribution in [0.1, 0.15) is 6.92 Å². The van der Waals surface area contributed by atoms with E-state index in [2.05, 4.69) is 10.3 Å². The Hall–Kier alpha value is -1.45. The second-order valence-electron chi connectivity index (χ2n) is 3.62. The Bertz CT molecular complexity index is 546. The van der Waals surface area contributed by atoms with Crippen molar-refractivity contribution < 1.29 is 4.74 Å². The quantitative estimate of drug-likeness (QED) is 0.889. The maximum absolute atomic E-state index is 5.92. The minimum Gasteiger partial charge on any atom is -0.456 e. The van der Waals surface area contributed by atoms with Gasteiger partial charge >= 0.3 is 0 Å². The van der Waals surface area contributed by atoms with Crippen LogP contribution in [-0.2, 0) is 0 Å². The molecule has 5 heteroatoms. The van der Waals surface area contributed by atoms with Gasteiger partial charge in [-0.25, -0.2) is 0 Å². The molecule has 3 nitrogen and oxygen atoms in total. The van der Waals surface area contributed by atoms with Gasteiger partial charge < -0.3 is 10.1 Å². The summed E-state index contributed by atoms with van der Waals surface area (Å²) in [6.45, 7) is 2.85. The summed E-state index contributed by atoms with van der Waals surface area (Å²) in [5, 5.41) is 4.13. The van der Waals surface area contributed by atoms with Crippen molar-refractivity contribution in [3.8, 4) is 11.5 Å². The van der Waals surface area contributed by atoms with E-state index >= 15 is 0 Å². The molecule has 0 saturated heterocycles. The molecule has 0 radical (unpaired) electrons. The molecule has 1 N–H and O–H groups in total. The molecular weight excluding hydrogens is 271 g/mol. The minimum absolute atomic E-state index is 0.463. The zero-order valence-electron chi connectivity index (χ0n) is 9.78. The van der Waals surface area contributed by atoms with Crippen LogP contribution in [0, 0.1) is 0 Å². The van der Waals surface area contributed by atoms with Gasteiger partial charge in [0.1, 0.15) is 11.5 Å². The lowest BCUT2D eigenvalue weighted by Gasteiger charge is -2.08. The molecule has 2 rings (SSSR count). The molecule has 0 saturated carbocycles. The molecule has 0 aliphatic heterocycles. The average molecular weight is 283 g/mol. The average Bonchev–Trinajstić information content (AvgIpc) is 2.35. The Morgan fingerprint density at radius 1 is 1.11 bits per heavy atom. The summed E-state index contributed by atoms with van der Waals surface area (Å²) in [6.07, 6.45) is 3.38. The Morgan fingerprint density at radius 3 is 2.67 bits per heavy atom. The molecule has 0 aliphatic carbocycles. The first-order valence-electron chi connectivity index (χ1n) is 5.51. The third kappa shape index (κ3) is 3.28. The summed E-state index contributed by atoms with van der Waals surface area (Å²) in [5.41, 5.74) is 0.912. The minimum atomic E-state index is 0.463. The molecule has 0 spiro atoms. The number of aromatic nitrogens is 1. The predicted molar refractivity (Wildman–Crippen MR) is 74.9 cm³/mol. The maximum atomic E-state index is 5.92. The first-order valence-corrected chi connectivity index (χ1v) is 6.26. The van der Waals surface area contributed by atoms with Crippen LogP contribution < -0.4 is 10.1 Å². The van der Waals surface area contributed by atoms with E-state index in [-0.39, 0.29) is 0 Å². The highest BCUT2D eigenvalue weighted by molar-refractivity contribution is 6.42. The van der Waals surface area contributed by atoms with Crippen LogP contribution in [0.15, 0.2) is 36.7 Å². The van der Waals surface area contributed by atoms with Crippen LogP contribution in [0.3, 0.4) is 0 Å². The summed E-state index contributed by atoms with van der Waals surface area (Å²) in [5.74, 6) is 1.27. The molecule has 1 aromatic carbocycles. The van der Waals surface area contributed by atoms with E-state index in [1.54, 1.807) is 30.6 Å². The Morgan fingerprint density at radius 2 is 1.94 bits per heavy atom. The fourth-order valence-corrected chi connectivity index (χ4v) is 1.74. The zero-order chi connectivity index (χ0) is 13.0. The van der Waals surface area contributed by atoms with Gasteiger partial charge in [-0.15, -0.1) is 0 Å². The number of nitrogens with one attached hydrogen (secondary N) is 1. The highest BCUT2D eigenvalue weighted by Crippen LogP contribution is 2.29. The maximum Gasteiger partial charge on any atom is 0.147 e. The van der Waals surface area contributed by atoms with Gasteiger partial charge in [-0.2, -0.15) is 0 Å². The van der Waals surface area contributed by atoms with Gasteiger partial charge in [-0.3, -0.25) is 4.98 Å². The van der Waals surface area contributed by atoms with E-state index < -0.39 is 0 Å². The lowest BCUT2D eigenvalue weighted by molar-refractivity contribution is 0.480. The summed E-state index contributed by atoms with van der Waals surface area (Å²) >= 11 is 11.8. The van der Waals surface area contributed by atoms with E-state index in [1.807, 2.05) is 13.0 Å². The monoisotopic (exact) mass is 282 g/mol. The smallest absolute Gasteiger partial charge is 0.147 e. The van der Waals surface area contributed by atoms with Crippen molar-refractivity contribution in [3.63, 3.8) is 0 Å². The van der Waals surface area contributed by atoms with E-state index in [0.717, 1.165) is 12.2 Å². The highest BCUT2D eigenvalue weighted by Gasteiger charge is 2.03. The van der Waals surface area contributed by atoms with Gasteiger partial charge in [-0.05, 0) is 19.1 Å². The predicted octanol–water partition coefficient (Wildman–Crippen LogP) is 4.61. The fourth-order valence-electron chi connectivity index (χ4n) is 1.45. The van der Waals surface area contributed by atoms with Crippen LogP contribution in [0.25, 0.3) is 0 Å². The molecule has 0 unspecified atom stereocenters. The van der Waals surface area contributed by atoms with Crippen LogP contribution in [0.2, 0.25) is 10.0 Å². The number of benzene rings is 1. The largest absolute Gasteiger partial charge is 0.456 e. The lowest BCUT2D eigenvalue weighted by Crippen LogP contribution is -1.97. The number of pyridine rings is 1. The third-order valence-electron chi connectivity index (χ3n) is 2.22. The summed E-state index contributed by atoms with van der Waals surface area (Å²) in [4.78, 5) is 4.09. The first kappa shape index (κ1) is 13.0. The van der Waals surface area contributed by atoms with Crippen molar-refractivity contribution >= 4 is 28.9 Å². The molecule has 18 heavy (non-hydrogen) atoms. The standard InChI is InChI=1S/C13H12Cl2N2O/c1-2-17-9-5-11(8-16-7-9)18-10-3-4-12(14)13(15)6-10/h3-8,17H,2H2,1H3. The number of hydrogen-bond donors (Lipinski definition) is 1. The Kier molecular flexibility index (Phi) is 4.28. The lowest BCUT2D eigenvalue weighted by atomic mass is 10.3. The van der Waals surface area contributed by atoms with E-state index in [4.69, 9.17) is 27.9 Å². The number of rotatable bonds is 4. The van der Waals surface area contributed by atoms with Gasteiger partial charge in [0.05, 0.1) is 28.1 Å². The van der Waals surface area contributed by atoms with Crippen LogP contribution in [0.4, 0.5) is 5.69 Å². The molecule has 94 valence electrons. The topological polar surface area (TPSA) is 34.2 Å². The van der Waals surface area contributed by atoms with Crippen molar-refractivity contribution in [1.82, 2.24) is 4.98 Å². The summed E-state index contributed by atoms with van der Waals surface area (Å²) in [6, 6.07) is 7.00. The van der Waals surface area contributed by atoms with Crippen LogP contribution in [0.5, 0.6) is 11.5 Å². The van der Waals surface area contributed by atoms with Gasteiger partial charge in [0.2, 0.25) is 0 Å². The van der Waals surface area contributed by atoms with Crippen molar-refractivity contribution in [2.75, 3.05) is 11.9 Å². The Balaban J connectivity index is 2.17. The molecule has 0 atom stereocenters. The van der Waals surface area contributed by atoms with Gasteiger partial charge in [-0.1, -0.05) is 23.2 Å². The first-order chi connectivity index (χ1) is 8.69. The van der Waals surface area contributed by atoms with Crippen molar-refractivity contribution in [1.29, 1.82) is 0 Å². The molecule has 1 heterocycles. The second kappa shape index (κ2) is 5.94. The molecule has 1 aromatic heterocycles. The number of anilines is 1. The number of ether oxygens (including phenoxy) is 1. The molecule has 0 aliphatic rings. The zero-order valence-corrected chi connectivity index (χ0v) is 11.3.